The number of nitrogens with zero attached hydrogens (tertiary/aromatic N) is 3. The van der Waals surface area contributed by atoms with Gasteiger partial charge < -0.3 is 9.94 Å². The van der Waals surface area contributed by atoms with Crippen molar-refractivity contribution in [3.63, 3.8) is 0 Å². The minimum absolute atomic E-state index is 0.0121. The second kappa shape index (κ2) is 8.55. The van der Waals surface area contributed by atoms with E-state index in [4.69, 9.17) is 4.84 Å². The molecule has 1 N–H and O–H groups in total. The van der Waals surface area contributed by atoms with E-state index in [1.54, 1.807) is 6.92 Å². The van der Waals surface area contributed by atoms with Gasteiger partial charge in [0, 0.05) is 12.1 Å². The summed E-state index contributed by atoms with van der Waals surface area (Å²) in [5.74, 6) is -1.03. The number of non-ortho nitro benzene ring substituents is 1. The molecule has 0 spiro atoms. The van der Waals surface area contributed by atoms with Crippen molar-refractivity contribution in [1.82, 2.24) is 5.43 Å². The molecule has 1 aromatic heterocycles. The first-order chi connectivity index (χ1) is 12.0. The fourth-order valence-electron chi connectivity index (χ4n) is 1.67. The maximum absolute atomic E-state index is 11.6. The summed E-state index contributed by atoms with van der Waals surface area (Å²) in [7, 11) is 0. The molecular weight excluding hydrogens is 348 g/mol. The predicted molar refractivity (Wildman–Crippen MR) is 90.8 cm³/mol. The monoisotopic (exact) mass is 361 g/mol. The average Bonchev–Trinajstić information content (AvgIpc) is 3.11. The number of amides is 1. The highest BCUT2D eigenvalue weighted by Crippen LogP contribution is 2.18. The minimum Gasteiger partial charge on any atom is -0.872 e. The Hall–Kier alpha value is -3.27. The van der Waals surface area contributed by atoms with Crippen molar-refractivity contribution in [2.45, 2.75) is 6.92 Å². The number of hydrazone groups is 1. The number of hydrogen-bond donors (Lipinski definition) is 1. The first kappa shape index (κ1) is 18.1. The second-order valence-electron chi connectivity index (χ2n) is 4.70. The van der Waals surface area contributed by atoms with Gasteiger partial charge in [-0.05, 0) is 23.9 Å². The lowest BCUT2D eigenvalue weighted by molar-refractivity contribution is -0.385. The number of nitro groups is 1. The minimum atomic E-state index is -0.628. The van der Waals surface area contributed by atoms with Crippen LogP contribution in [0.25, 0.3) is 0 Å². The van der Waals surface area contributed by atoms with Crippen molar-refractivity contribution in [2.75, 3.05) is 6.61 Å². The molecule has 0 aliphatic rings. The molecule has 0 fully saturated rings. The van der Waals surface area contributed by atoms with Crippen LogP contribution in [0.15, 0.2) is 46.0 Å². The van der Waals surface area contributed by atoms with Gasteiger partial charge in [0.05, 0.1) is 21.7 Å². The molecule has 0 atom stereocenters. The molecule has 9 nitrogen and oxygen atoms in total. The zero-order valence-corrected chi connectivity index (χ0v) is 13.9. The molecule has 2 aromatic rings. The summed E-state index contributed by atoms with van der Waals surface area (Å²) in [5, 5.41) is 31.5. The van der Waals surface area contributed by atoms with Gasteiger partial charge in [-0.15, -0.1) is 11.3 Å². The topological polar surface area (TPSA) is 129 Å². The molecule has 0 saturated carbocycles. The van der Waals surface area contributed by atoms with E-state index >= 15 is 0 Å². The van der Waals surface area contributed by atoms with Crippen molar-refractivity contribution < 1.29 is 19.7 Å². The standard InChI is InChI=1S/C15H14N4O5S/c1-10(14-3-2-6-25-14)18-24-9-15(21)17-16-8-11-7-12(19(22)23)4-5-13(11)20/h2-8,20H,9H2,1H3,(H,17,21)/p-1/b16-8-,18-10-. The summed E-state index contributed by atoms with van der Waals surface area (Å²) >= 11 is 1.49. The molecule has 0 radical (unpaired) electrons. The second-order valence-corrected chi connectivity index (χ2v) is 5.65. The van der Waals surface area contributed by atoms with Gasteiger partial charge in [-0.3, -0.25) is 14.9 Å². The maximum atomic E-state index is 11.6. The number of thiophene rings is 1. The van der Waals surface area contributed by atoms with Gasteiger partial charge in [0.25, 0.3) is 11.6 Å². The summed E-state index contributed by atoms with van der Waals surface area (Å²) in [6, 6.07) is 6.98. The van der Waals surface area contributed by atoms with Crippen molar-refractivity contribution in [3.05, 3.63) is 56.3 Å². The highest BCUT2D eigenvalue weighted by atomic mass is 32.1. The Morgan fingerprint density at radius 1 is 1.44 bits per heavy atom. The zero-order chi connectivity index (χ0) is 18.2. The quantitative estimate of drug-likeness (QED) is 0.455. The molecule has 0 saturated heterocycles. The van der Waals surface area contributed by atoms with Crippen LogP contribution in [0, 0.1) is 10.1 Å². The highest BCUT2D eigenvalue weighted by Gasteiger charge is 2.06. The summed E-state index contributed by atoms with van der Waals surface area (Å²) in [6.07, 6.45) is 1.04. The molecule has 1 heterocycles. The van der Waals surface area contributed by atoms with Crippen molar-refractivity contribution in [2.24, 2.45) is 10.3 Å². The Bertz CT molecular complexity index is 817. The molecule has 25 heavy (non-hydrogen) atoms. The van der Waals surface area contributed by atoms with Crippen LogP contribution in [0.2, 0.25) is 0 Å². The number of nitro benzene ring substituents is 1. The molecule has 1 amide bonds. The smallest absolute Gasteiger partial charge is 0.280 e. The van der Waals surface area contributed by atoms with Gasteiger partial charge in [-0.2, -0.15) is 5.10 Å². The van der Waals surface area contributed by atoms with E-state index in [-0.39, 0.29) is 17.9 Å². The first-order valence-electron chi connectivity index (χ1n) is 6.95. The van der Waals surface area contributed by atoms with Crippen LogP contribution in [0.4, 0.5) is 5.69 Å². The lowest BCUT2D eigenvalue weighted by Crippen LogP contribution is -2.22. The fourth-order valence-corrected chi connectivity index (χ4v) is 2.34. The van der Waals surface area contributed by atoms with Crippen LogP contribution in [0.1, 0.15) is 17.4 Å². The van der Waals surface area contributed by atoms with Crippen LogP contribution < -0.4 is 10.5 Å². The van der Waals surface area contributed by atoms with E-state index < -0.39 is 16.6 Å². The molecule has 2 rings (SSSR count). The number of nitrogens with one attached hydrogen (secondary N) is 1. The third-order valence-corrected chi connectivity index (χ3v) is 3.85. The zero-order valence-electron chi connectivity index (χ0n) is 13.0. The number of benzene rings is 1. The highest BCUT2D eigenvalue weighted by molar-refractivity contribution is 7.12. The predicted octanol–water partition coefficient (Wildman–Crippen LogP) is 1.62. The van der Waals surface area contributed by atoms with E-state index in [9.17, 15) is 20.0 Å². The van der Waals surface area contributed by atoms with Gasteiger partial charge in [0.1, 0.15) is 0 Å². The number of carbonyl (C=O) groups excluding carboxylic acids is 1. The van der Waals surface area contributed by atoms with Gasteiger partial charge in [0.15, 0.2) is 6.61 Å². The Morgan fingerprint density at radius 3 is 2.92 bits per heavy atom. The maximum Gasteiger partial charge on any atom is 0.280 e. The number of oxime groups is 1. The average molecular weight is 361 g/mol. The summed E-state index contributed by atoms with van der Waals surface area (Å²) in [4.78, 5) is 27.4. The Labute approximate surface area is 146 Å². The van der Waals surface area contributed by atoms with E-state index in [0.29, 0.717) is 5.71 Å². The number of carbonyl (C=O) groups is 1. The van der Waals surface area contributed by atoms with Crippen LogP contribution in [0.3, 0.4) is 0 Å². The van der Waals surface area contributed by atoms with Crippen molar-refractivity contribution in [1.29, 1.82) is 0 Å². The third-order valence-electron chi connectivity index (χ3n) is 2.87. The lowest BCUT2D eigenvalue weighted by atomic mass is 10.2. The molecule has 130 valence electrons. The largest absolute Gasteiger partial charge is 0.872 e. The Kier molecular flexibility index (Phi) is 6.18. The van der Waals surface area contributed by atoms with Crippen LogP contribution >= 0.6 is 11.3 Å². The van der Waals surface area contributed by atoms with Gasteiger partial charge in [-0.1, -0.05) is 23.0 Å². The molecule has 0 aliphatic heterocycles. The molecule has 0 bridgehead atoms. The molecule has 1 aromatic carbocycles. The van der Waals surface area contributed by atoms with Crippen LogP contribution in [-0.2, 0) is 9.63 Å². The molecule has 0 aliphatic carbocycles. The normalized spacial score (nSPS) is 11.5. The van der Waals surface area contributed by atoms with Gasteiger partial charge in [-0.25, -0.2) is 5.43 Å². The third kappa shape index (κ3) is 5.39. The first-order valence-corrected chi connectivity index (χ1v) is 7.83. The molecular formula is C15H13N4O5S-. The van der Waals surface area contributed by atoms with E-state index in [0.717, 1.165) is 29.3 Å². The molecule has 0 unspecified atom stereocenters. The van der Waals surface area contributed by atoms with Crippen LogP contribution in [0.5, 0.6) is 5.75 Å². The van der Waals surface area contributed by atoms with Crippen molar-refractivity contribution >= 4 is 34.9 Å². The Morgan fingerprint density at radius 2 is 2.24 bits per heavy atom. The van der Waals surface area contributed by atoms with Gasteiger partial charge in [0.2, 0.25) is 0 Å². The molecule has 10 heteroatoms. The lowest BCUT2D eigenvalue weighted by Gasteiger charge is -2.08. The van der Waals surface area contributed by atoms with Crippen LogP contribution in [-0.4, -0.2) is 29.4 Å². The van der Waals surface area contributed by atoms with E-state index in [1.165, 1.54) is 11.3 Å². The summed E-state index contributed by atoms with van der Waals surface area (Å²) in [5.41, 5.74) is 2.53. The summed E-state index contributed by atoms with van der Waals surface area (Å²) in [6.45, 7) is 1.39. The van der Waals surface area contributed by atoms with E-state index in [1.807, 2.05) is 17.5 Å². The SMILES string of the molecule is C/C(=N/OCC(=O)N/N=C\c1cc([N+](=O)[O-])ccc1[O-])c1cccs1. The van der Waals surface area contributed by atoms with Crippen molar-refractivity contribution in [3.8, 4) is 5.75 Å². The van der Waals surface area contributed by atoms with E-state index in [2.05, 4.69) is 15.7 Å². The van der Waals surface area contributed by atoms with Gasteiger partial charge >= 0.3 is 0 Å². The number of rotatable bonds is 7. The summed E-state index contributed by atoms with van der Waals surface area (Å²) < 4.78 is 0. The Balaban J connectivity index is 1.85. The number of hydrogen-bond acceptors (Lipinski definition) is 8. The fraction of sp³-hybridized carbons (Fsp3) is 0.133.